The zero-order chi connectivity index (χ0) is 11.4. The van der Waals surface area contributed by atoms with Crippen molar-refractivity contribution in [1.29, 1.82) is 0 Å². The Morgan fingerprint density at radius 3 is 2.88 bits per heavy atom. The van der Waals surface area contributed by atoms with Crippen LogP contribution in [-0.2, 0) is 0 Å². The van der Waals surface area contributed by atoms with Gasteiger partial charge in [0.25, 0.3) is 0 Å². The van der Waals surface area contributed by atoms with Gasteiger partial charge in [0.1, 0.15) is 5.69 Å². The van der Waals surface area contributed by atoms with Gasteiger partial charge in [-0.15, -0.1) is 11.3 Å². The molecule has 0 amide bonds. The lowest BCUT2D eigenvalue weighted by Crippen LogP contribution is -2.04. The molecule has 0 unspecified atom stereocenters. The summed E-state index contributed by atoms with van der Waals surface area (Å²) in [6.45, 7) is 3.04. The normalized spacial score (nSPS) is 10.4. The van der Waals surface area contributed by atoms with Crippen LogP contribution in [0.1, 0.15) is 13.3 Å². The topological polar surface area (TPSA) is 37.8 Å². The summed E-state index contributed by atoms with van der Waals surface area (Å²) in [5.41, 5.74) is 0.915. The highest BCUT2D eigenvalue weighted by Gasteiger charge is 2.11. The maximum atomic E-state index is 4.39. The fourth-order valence-electron chi connectivity index (χ4n) is 1.34. The number of nitrogens with one attached hydrogen (secondary N) is 1. The lowest BCUT2D eigenvalue weighted by Gasteiger charge is -2.07. The molecule has 16 heavy (non-hydrogen) atoms. The van der Waals surface area contributed by atoms with Crippen molar-refractivity contribution in [3.63, 3.8) is 0 Å². The quantitative estimate of drug-likeness (QED) is 0.933. The van der Waals surface area contributed by atoms with E-state index in [1.807, 2.05) is 11.4 Å². The fraction of sp³-hybridized carbons (Fsp3) is 0.273. The monoisotopic (exact) mass is 297 g/mol. The molecule has 0 atom stereocenters. The van der Waals surface area contributed by atoms with Crippen LogP contribution in [0, 0.1) is 0 Å². The van der Waals surface area contributed by atoms with E-state index in [9.17, 15) is 0 Å². The second-order valence-corrected chi connectivity index (χ2v) is 5.05. The molecule has 84 valence electrons. The van der Waals surface area contributed by atoms with Gasteiger partial charge in [-0.2, -0.15) is 0 Å². The summed E-state index contributed by atoms with van der Waals surface area (Å²) in [4.78, 5) is 9.83. The van der Waals surface area contributed by atoms with Crippen LogP contribution in [0.15, 0.2) is 28.3 Å². The van der Waals surface area contributed by atoms with E-state index < -0.39 is 0 Å². The summed E-state index contributed by atoms with van der Waals surface area (Å²) in [5.74, 6) is 0.854. The molecule has 0 aliphatic heterocycles. The zero-order valence-corrected chi connectivity index (χ0v) is 11.3. The summed E-state index contributed by atoms with van der Waals surface area (Å²) in [5, 5.41) is 5.33. The first kappa shape index (κ1) is 11.5. The van der Waals surface area contributed by atoms with Gasteiger partial charge in [-0.05, 0) is 33.8 Å². The third kappa shape index (κ3) is 2.41. The van der Waals surface area contributed by atoms with Crippen LogP contribution in [0.2, 0.25) is 0 Å². The van der Waals surface area contributed by atoms with E-state index in [1.165, 1.54) is 0 Å². The number of hydrogen-bond donors (Lipinski definition) is 1. The molecule has 0 aromatic carbocycles. The van der Waals surface area contributed by atoms with Gasteiger partial charge < -0.3 is 5.32 Å². The van der Waals surface area contributed by atoms with Crippen LogP contribution in [-0.4, -0.2) is 16.5 Å². The Labute approximate surface area is 107 Å². The summed E-state index contributed by atoms with van der Waals surface area (Å²) in [6, 6.07) is 2.03. The lowest BCUT2D eigenvalue weighted by atomic mass is 10.3. The highest BCUT2D eigenvalue weighted by Crippen LogP contribution is 2.35. The van der Waals surface area contributed by atoms with E-state index >= 15 is 0 Å². The first-order chi connectivity index (χ1) is 7.83. The minimum absolute atomic E-state index is 0.854. The zero-order valence-electron chi connectivity index (χ0n) is 8.90. The molecule has 0 bridgehead atoms. The number of thiophene rings is 1. The SMILES string of the molecule is CCCNc1nccnc1-c1sccc1Br. The van der Waals surface area contributed by atoms with Gasteiger partial charge >= 0.3 is 0 Å². The van der Waals surface area contributed by atoms with Crippen LogP contribution >= 0.6 is 27.3 Å². The molecule has 5 heteroatoms. The highest BCUT2D eigenvalue weighted by atomic mass is 79.9. The molecule has 0 aliphatic carbocycles. The van der Waals surface area contributed by atoms with Gasteiger partial charge in [0, 0.05) is 23.4 Å². The molecule has 0 radical (unpaired) electrons. The predicted molar refractivity (Wildman–Crippen MR) is 71.8 cm³/mol. The van der Waals surface area contributed by atoms with E-state index in [1.54, 1.807) is 23.7 Å². The molecule has 0 saturated heterocycles. The van der Waals surface area contributed by atoms with E-state index in [2.05, 4.69) is 38.1 Å². The molecule has 2 aromatic heterocycles. The maximum Gasteiger partial charge on any atom is 0.153 e. The second kappa shape index (κ2) is 5.41. The number of anilines is 1. The molecule has 2 aromatic rings. The van der Waals surface area contributed by atoms with Crippen molar-refractivity contribution in [3.05, 3.63) is 28.3 Å². The molecular weight excluding hydrogens is 286 g/mol. The molecule has 2 rings (SSSR count). The van der Waals surface area contributed by atoms with Crippen LogP contribution < -0.4 is 5.32 Å². The Kier molecular flexibility index (Phi) is 3.90. The molecule has 3 nitrogen and oxygen atoms in total. The number of aromatic nitrogens is 2. The molecule has 0 saturated carbocycles. The summed E-state index contributed by atoms with van der Waals surface area (Å²) in [7, 11) is 0. The molecule has 0 aliphatic rings. The fourth-order valence-corrected chi connectivity index (χ4v) is 2.90. The van der Waals surface area contributed by atoms with E-state index in [-0.39, 0.29) is 0 Å². The van der Waals surface area contributed by atoms with Crippen LogP contribution in [0.5, 0.6) is 0 Å². The van der Waals surface area contributed by atoms with Gasteiger partial charge in [-0.1, -0.05) is 6.92 Å². The van der Waals surface area contributed by atoms with Crippen molar-refractivity contribution in [2.45, 2.75) is 13.3 Å². The standard InChI is InChI=1S/C11H12BrN3S/c1-2-4-14-11-9(13-5-6-15-11)10-8(12)3-7-16-10/h3,5-7H,2,4H2,1H3,(H,14,15). The average Bonchev–Trinajstić information content (AvgIpc) is 2.73. The average molecular weight is 298 g/mol. The van der Waals surface area contributed by atoms with Crippen molar-refractivity contribution in [1.82, 2.24) is 9.97 Å². The largest absolute Gasteiger partial charge is 0.368 e. The summed E-state index contributed by atoms with van der Waals surface area (Å²) < 4.78 is 1.07. The summed E-state index contributed by atoms with van der Waals surface area (Å²) >= 11 is 5.18. The highest BCUT2D eigenvalue weighted by molar-refractivity contribution is 9.10. The van der Waals surface area contributed by atoms with E-state index in [0.717, 1.165) is 33.8 Å². The van der Waals surface area contributed by atoms with Gasteiger partial charge in [0.15, 0.2) is 5.82 Å². The Hall–Kier alpha value is -0.940. The smallest absolute Gasteiger partial charge is 0.153 e. The van der Waals surface area contributed by atoms with Crippen molar-refractivity contribution < 1.29 is 0 Å². The molecule has 0 fully saturated rings. The predicted octanol–water partition coefficient (Wildman–Crippen LogP) is 3.79. The van der Waals surface area contributed by atoms with E-state index in [4.69, 9.17) is 0 Å². The van der Waals surface area contributed by atoms with Crippen molar-refractivity contribution in [3.8, 4) is 10.6 Å². The van der Waals surface area contributed by atoms with Crippen LogP contribution in [0.4, 0.5) is 5.82 Å². The Balaban J connectivity index is 2.37. The molecular formula is C11H12BrN3S. The summed E-state index contributed by atoms with van der Waals surface area (Å²) in [6.07, 6.45) is 4.50. The van der Waals surface area contributed by atoms with Gasteiger partial charge in [-0.25, -0.2) is 9.97 Å². The van der Waals surface area contributed by atoms with Crippen LogP contribution in [0.3, 0.4) is 0 Å². The van der Waals surface area contributed by atoms with Gasteiger partial charge in [0.05, 0.1) is 4.88 Å². The minimum atomic E-state index is 0.854. The maximum absolute atomic E-state index is 4.39. The third-order valence-electron chi connectivity index (χ3n) is 2.07. The van der Waals surface area contributed by atoms with Crippen molar-refractivity contribution >= 4 is 33.1 Å². The number of hydrogen-bond acceptors (Lipinski definition) is 4. The number of rotatable bonds is 4. The number of halogens is 1. The molecule has 0 spiro atoms. The molecule has 1 N–H and O–H groups in total. The number of nitrogens with zero attached hydrogens (tertiary/aromatic N) is 2. The lowest BCUT2D eigenvalue weighted by molar-refractivity contribution is 0.966. The Morgan fingerprint density at radius 2 is 2.19 bits per heavy atom. The van der Waals surface area contributed by atoms with Crippen molar-refractivity contribution in [2.24, 2.45) is 0 Å². The second-order valence-electron chi connectivity index (χ2n) is 3.28. The van der Waals surface area contributed by atoms with Gasteiger partial charge in [0.2, 0.25) is 0 Å². The minimum Gasteiger partial charge on any atom is -0.368 e. The van der Waals surface area contributed by atoms with E-state index in [0.29, 0.717) is 0 Å². The van der Waals surface area contributed by atoms with Crippen LogP contribution in [0.25, 0.3) is 10.6 Å². The van der Waals surface area contributed by atoms with Gasteiger partial charge in [-0.3, -0.25) is 0 Å². The first-order valence-corrected chi connectivity index (χ1v) is 6.78. The Morgan fingerprint density at radius 1 is 1.38 bits per heavy atom. The first-order valence-electron chi connectivity index (χ1n) is 5.11. The molecule has 2 heterocycles. The van der Waals surface area contributed by atoms with Crippen molar-refractivity contribution in [2.75, 3.05) is 11.9 Å². The third-order valence-corrected chi connectivity index (χ3v) is 3.92. The Bertz CT molecular complexity index is 470.